The maximum Gasteiger partial charge on any atom is 0.134 e. The van der Waals surface area contributed by atoms with E-state index < -0.39 is 0 Å². The second-order valence-corrected chi connectivity index (χ2v) is 5.39. The zero-order chi connectivity index (χ0) is 14.5. The summed E-state index contributed by atoms with van der Waals surface area (Å²) in [7, 11) is 0. The van der Waals surface area contributed by atoms with E-state index in [1.165, 1.54) is 0 Å². The third kappa shape index (κ3) is 3.51. The van der Waals surface area contributed by atoms with E-state index in [2.05, 4.69) is 15.9 Å². The Morgan fingerprint density at radius 3 is 2.65 bits per heavy atom. The van der Waals surface area contributed by atoms with Crippen molar-refractivity contribution in [3.63, 3.8) is 0 Å². The smallest absolute Gasteiger partial charge is 0.134 e. The van der Waals surface area contributed by atoms with Crippen LogP contribution in [0.1, 0.15) is 16.7 Å². The third-order valence-electron chi connectivity index (χ3n) is 2.74. The van der Waals surface area contributed by atoms with Crippen molar-refractivity contribution in [2.24, 2.45) is 0 Å². The van der Waals surface area contributed by atoms with E-state index in [1.54, 1.807) is 36.4 Å². The van der Waals surface area contributed by atoms with Gasteiger partial charge < -0.3 is 9.84 Å². The van der Waals surface area contributed by atoms with Crippen molar-refractivity contribution in [2.75, 3.05) is 0 Å². The average molecular weight is 353 g/mol. The number of rotatable bonds is 4. The summed E-state index contributed by atoms with van der Waals surface area (Å²) in [4.78, 5) is 0. The molecule has 1 N–H and O–H groups in total. The normalized spacial score (nSPS) is 10.1. The largest absolute Gasteiger partial charge is 0.488 e. The van der Waals surface area contributed by atoms with E-state index in [-0.39, 0.29) is 6.61 Å². The zero-order valence-corrected chi connectivity index (χ0v) is 12.8. The van der Waals surface area contributed by atoms with Crippen LogP contribution in [0, 0.1) is 11.3 Å². The minimum absolute atomic E-state index is 0.0136. The number of aliphatic hydroxyl groups excluding tert-OH is 1. The van der Waals surface area contributed by atoms with Crippen LogP contribution in [0.25, 0.3) is 0 Å². The van der Waals surface area contributed by atoms with Gasteiger partial charge in [-0.2, -0.15) is 5.26 Å². The van der Waals surface area contributed by atoms with Crippen molar-refractivity contribution >= 4 is 27.5 Å². The van der Waals surface area contributed by atoms with Crippen molar-refractivity contribution in [1.82, 2.24) is 0 Å². The van der Waals surface area contributed by atoms with E-state index in [4.69, 9.17) is 26.7 Å². The first-order valence-corrected chi connectivity index (χ1v) is 7.01. The first-order chi connectivity index (χ1) is 9.63. The lowest BCUT2D eigenvalue weighted by atomic mass is 10.1. The third-order valence-corrected chi connectivity index (χ3v) is 3.72. The molecule has 20 heavy (non-hydrogen) atoms. The number of ether oxygens (including phenoxy) is 1. The van der Waals surface area contributed by atoms with Crippen molar-refractivity contribution in [3.8, 4) is 11.8 Å². The van der Waals surface area contributed by atoms with Gasteiger partial charge in [-0.1, -0.05) is 23.7 Å². The molecule has 0 saturated heterocycles. The lowest BCUT2D eigenvalue weighted by molar-refractivity contribution is 0.280. The molecule has 0 aliphatic carbocycles. The Bertz CT molecular complexity index is 667. The van der Waals surface area contributed by atoms with Crippen LogP contribution < -0.4 is 4.74 Å². The van der Waals surface area contributed by atoms with E-state index in [1.807, 2.05) is 6.07 Å². The van der Waals surface area contributed by atoms with Gasteiger partial charge >= 0.3 is 0 Å². The maximum atomic E-state index is 9.04. The van der Waals surface area contributed by atoms with Crippen molar-refractivity contribution < 1.29 is 9.84 Å². The molecule has 0 radical (unpaired) electrons. The summed E-state index contributed by atoms with van der Waals surface area (Å²) >= 11 is 9.48. The Balaban J connectivity index is 2.11. The lowest BCUT2D eigenvalue weighted by Gasteiger charge is -2.10. The summed E-state index contributed by atoms with van der Waals surface area (Å²) in [6, 6.07) is 12.5. The molecule has 102 valence electrons. The van der Waals surface area contributed by atoms with Crippen LogP contribution in [-0.2, 0) is 13.2 Å². The molecule has 3 nitrogen and oxygen atoms in total. The standard InChI is InChI=1S/C15H11BrClNO2/c16-13-5-11(8-19)2-4-15(13)20-9-12-3-1-10(7-18)6-14(12)17/h1-6,19H,8-9H2. The van der Waals surface area contributed by atoms with Crippen molar-refractivity contribution in [2.45, 2.75) is 13.2 Å². The summed E-state index contributed by atoms with van der Waals surface area (Å²) < 4.78 is 6.45. The van der Waals surface area contributed by atoms with Gasteiger partial charge in [0.25, 0.3) is 0 Å². The summed E-state index contributed by atoms with van der Waals surface area (Å²) in [5, 5.41) is 18.3. The predicted molar refractivity (Wildman–Crippen MR) is 80.6 cm³/mol. The Morgan fingerprint density at radius 2 is 2.05 bits per heavy atom. The lowest BCUT2D eigenvalue weighted by Crippen LogP contribution is -1.98. The van der Waals surface area contributed by atoms with Gasteiger partial charge in [-0.05, 0) is 45.8 Å². The van der Waals surface area contributed by atoms with Gasteiger partial charge in [-0.3, -0.25) is 0 Å². The van der Waals surface area contributed by atoms with Crippen LogP contribution in [-0.4, -0.2) is 5.11 Å². The highest BCUT2D eigenvalue weighted by Crippen LogP contribution is 2.28. The van der Waals surface area contributed by atoms with Crippen molar-refractivity contribution in [1.29, 1.82) is 5.26 Å². The number of aliphatic hydroxyl groups is 1. The molecule has 0 bridgehead atoms. The Labute approximate surface area is 130 Å². The molecular formula is C15H11BrClNO2. The minimum Gasteiger partial charge on any atom is -0.488 e. The van der Waals surface area contributed by atoms with Crippen LogP contribution in [0.4, 0.5) is 0 Å². The molecule has 0 aliphatic rings. The molecule has 0 aliphatic heterocycles. The Hall–Kier alpha value is -1.54. The number of hydrogen-bond acceptors (Lipinski definition) is 3. The SMILES string of the molecule is N#Cc1ccc(COc2ccc(CO)cc2Br)c(Cl)c1. The zero-order valence-electron chi connectivity index (χ0n) is 10.4. The Kier molecular flexibility index (Phi) is 5.02. The molecule has 0 heterocycles. The summed E-state index contributed by atoms with van der Waals surface area (Å²) in [6.45, 7) is 0.294. The molecule has 0 unspecified atom stereocenters. The van der Waals surface area contributed by atoms with Crippen LogP contribution >= 0.6 is 27.5 Å². The molecule has 2 aromatic rings. The van der Waals surface area contributed by atoms with Gasteiger partial charge in [0.2, 0.25) is 0 Å². The van der Waals surface area contributed by atoms with E-state index >= 15 is 0 Å². The molecule has 0 atom stereocenters. The minimum atomic E-state index is -0.0136. The molecule has 0 fully saturated rings. The summed E-state index contributed by atoms with van der Waals surface area (Å²) in [5.41, 5.74) is 2.14. The highest BCUT2D eigenvalue weighted by molar-refractivity contribution is 9.10. The number of benzene rings is 2. The maximum absolute atomic E-state index is 9.04. The number of hydrogen-bond donors (Lipinski definition) is 1. The molecule has 0 aromatic heterocycles. The molecule has 2 rings (SSSR count). The first kappa shape index (κ1) is 14.9. The molecule has 2 aromatic carbocycles. The number of halogens is 2. The fraction of sp³-hybridized carbons (Fsp3) is 0.133. The molecule has 0 saturated carbocycles. The van der Waals surface area contributed by atoms with Gasteiger partial charge in [0, 0.05) is 10.6 Å². The quantitative estimate of drug-likeness (QED) is 0.903. The number of nitriles is 1. The molecular weight excluding hydrogens is 342 g/mol. The fourth-order valence-corrected chi connectivity index (χ4v) is 2.42. The van der Waals surface area contributed by atoms with Crippen LogP contribution in [0.2, 0.25) is 5.02 Å². The topological polar surface area (TPSA) is 53.2 Å². The van der Waals surface area contributed by atoms with Gasteiger partial charge in [-0.15, -0.1) is 0 Å². The second-order valence-electron chi connectivity index (χ2n) is 4.13. The van der Waals surface area contributed by atoms with E-state index in [0.29, 0.717) is 22.9 Å². The highest BCUT2D eigenvalue weighted by atomic mass is 79.9. The monoisotopic (exact) mass is 351 g/mol. The van der Waals surface area contributed by atoms with Gasteiger partial charge in [0.05, 0.1) is 22.7 Å². The first-order valence-electron chi connectivity index (χ1n) is 5.84. The van der Waals surface area contributed by atoms with Crippen molar-refractivity contribution in [3.05, 3.63) is 62.6 Å². The highest BCUT2D eigenvalue weighted by Gasteiger charge is 2.06. The Morgan fingerprint density at radius 1 is 1.25 bits per heavy atom. The summed E-state index contributed by atoms with van der Waals surface area (Å²) in [5.74, 6) is 0.669. The molecule has 0 spiro atoms. The number of nitrogens with zero attached hydrogens (tertiary/aromatic N) is 1. The fourth-order valence-electron chi connectivity index (χ4n) is 1.65. The van der Waals surface area contributed by atoms with E-state index in [0.717, 1.165) is 15.6 Å². The molecule has 5 heteroatoms. The van der Waals surface area contributed by atoms with Gasteiger partial charge in [-0.25, -0.2) is 0 Å². The van der Waals surface area contributed by atoms with Gasteiger partial charge in [0.15, 0.2) is 0 Å². The predicted octanol–water partition coefficient (Wildman–Crippen LogP) is 4.05. The molecule has 0 amide bonds. The second kappa shape index (κ2) is 6.76. The van der Waals surface area contributed by atoms with Crippen LogP contribution in [0.5, 0.6) is 5.75 Å². The van der Waals surface area contributed by atoms with Crippen LogP contribution in [0.15, 0.2) is 40.9 Å². The summed E-state index contributed by atoms with van der Waals surface area (Å²) in [6.07, 6.45) is 0. The van der Waals surface area contributed by atoms with Crippen LogP contribution in [0.3, 0.4) is 0 Å². The van der Waals surface area contributed by atoms with E-state index in [9.17, 15) is 0 Å². The average Bonchev–Trinajstić information content (AvgIpc) is 2.46. The van der Waals surface area contributed by atoms with Gasteiger partial charge in [0.1, 0.15) is 12.4 Å².